The topological polar surface area (TPSA) is 320 Å². The van der Waals surface area contributed by atoms with Gasteiger partial charge in [-0.2, -0.15) is 0 Å². The predicted octanol–water partition coefficient (Wildman–Crippen LogP) is 0.712. The highest BCUT2D eigenvalue weighted by atomic mass is 16.7. The van der Waals surface area contributed by atoms with E-state index in [-0.39, 0.29) is 31.6 Å². The molecule has 2 fully saturated rings. The molecule has 10 unspecified atom stereocenters. The van der Waals surface area contributed by atoms with Crippen molar-refractivity contribution >= 4 is 11.9 Å². The van der Waals surface area contributed by atoms with Gasteiger partial charge in [-0.1, -0.05) is 98.9 Å². The number of nitrogens with two attached hydrogens (primary N) is 1. The third-order valence-electron chi connectivity index (χ3n) is 12.0. The molecule has 0 radical (unpaired) electrons. The number of carboxylic acid groups (broad SMARTS) is 1. The summed E-state index contributed by atoms with van der Waals surface area (Å²) in [5.41, 5.74) is 6.02. The molecule has 0 aromatic rings. The number of aliphatic carboxylic acids is 1. The van der Waals surface area contributed by atoms with Crippen LogP contribution >= 0.6 is 0 Å². The van der Waals surface area contributed by atoms with Crippen LogP contribution < -0.4 is 5.73 Å². The number of esters is 1. The van der Waals surface area contributed by atoms with Gasteiger partial charge in [-0.15, -0.1) is 0 Å². The summed E-state index contributed by atoms with van der Waals surface area (Å²) in [6.45, 7) is 6.74. The maximum absolute atomic E-state index is 12.6. The van der Waals surface area contributed by atoms with Gasteiger partial charge in [0.25, 0.3) is 0 Å². The predicted molar refractivity (Wildman–Crippen MR) is 237 cm³/mol. The highest BCUT2D eigenvalue weighted by Crippen LogP contribution is 2.38. The lowest BCUT2D eigenvalue weighted by molar-refractivity contribution is -0.308. The zero-order valence-corrected chi connectivity index (χ0v) is 37.6. The van der Waals surface area contributed by atoms with E-state index in [2.05, 4.69) is 0 Å². The average Bonchev–Trinajstić information content (AvgIpc) is 3.21. The van der Waals surface area contributed by atoms with Crippen LogP contribution in [0.25, 0.3) is 0 Å². The Kier molecular flexibility index (Phi) is 23.6. The molecule has 0 saturated carbocycles. The van der Waals surface area contributed by atoms with Crippen LogP contribution in [0, 0.1) is 17.8 Å². The van der Waals surface area contributed by atoms with Gasteiger partial charge in [0.05, 0.1) is 79.6 Å². The van der Waals surface area contributed by atoms with E-state index >= 15 is 0 Å². The van der Waals surface area contributed by atoms with Crippen molar-refractivity contribution < 1.29 is 84.7 Å². The molecule has 3 aliphatic heterocycles. The molecule has 368 valence electrons. The molecule has 18 heteroatoms. The van der Waals surface area contributed by atoms with Gasteiger partial charge in [0.2, 0.25) is 0 Å². The van der Waals surface area contributed by atoms with Crippen LogP contribution in [-0.2, 0) is 28.5 Å². The van der Waals surface area contributed by atoms with Crippen molar-refractivity contribution in [2.75, 3.05) is 0 Å². The summed E-state index contributed by atoms with van der Waals surface area (Å²) in [5, 5.41) is 118. The molecule has 3 aliphatic rings. The SMILES string of the molecule is C[C@@H]1OC(=O)CC(O)CC(O)CCC(O)C(O)CC(O)CC2(O)C[C@H](O)C(C(=O)O)[C@H](CC(OC3O[C@H](C)[C@@H](O)[C@H](N)[C@H]3O)/C=C/C=C/C=C/C=C/C=C/C=C/C=C/[C@H](C)C(O)[C@H]1C)O2. The van der Waals surface area contributed by atoms with Crippen LogP contribution in [0.2, 0.25) is 0 Å². The third kappa shape index (κ3) is 18.6. The molecule has 3 heterocycles. The molecule has 0 aromatic heterocycles. The number of hydrogen-bond acceptors (Lipinski definition) is 17. The molecule has 0 aromatic carbocycles. The quantitative estimate of drug-likeness (QED) is 0.174. The van der Waals surface area contributed by atoms with Crippen molar-refractivity contribution in [3.8, 4) is 0 Å². The van der Waals surface area contributed by atoms with Crippen molar-refractivity contribution in [2.45, 2.75) is 177 Å². The minimum Gasteiger partial charge on any atom is -0.481 e. The van der Waals surface area contributed by atoms with Crippen molar-refractivity contribution in [3.05, 3.63) is 85.1 Å². The Balaban J connectivity index is 1.86. The Labute approximate surface area is 381 Å². The number of carbonyl (C=O) groups excluding carboxylic acids is 1. The zero-order chi connectivity index (χ0) is 48.4. The van der Waals surface area contributed by atoms with E-state index in [4.69, 9.17) is 24.7 Å². The van der Waals surface area contributed by atoms with Crippen LogP contribution in [0.15, 0.2) is 85.1 Å². The van der Waals surface area contributed by atoms with Gasteiger partial charge in [0.15, 0.2) is 12.1 Å². The molecular weight excluding hydrogens is 851 g/mol. The lowest BCUT2D eigenvalue weighted by Crippen LogP contribution is -2.61. The first-order valence-electron chi connectivity index (χ1n) is 22.3. The van der Waals surface area contributed by atoms with Crippen LogP contribution in [-0.4, -0.2) is 166 Å². The van der Waals surface area contributed by atoms with Crippen LogP contribution in [0.3, 0.4) is 0 Å². The van der Waals surface area contributed by atoms with E-state index in [1.54, 1.807) is 80.7 Å². The van der Waals surface area contributed by atoms with Crippen LogP contribution in [0.5, 0.6) is 0 Å². The fraction of sp³-hybridized carbons (Fsp3) is 0.660. The summed E-state index contributed by atoms with van der Waals surface area (Å²) in [6, 6.07) is -1.15. The van der Waals surface area contributed by atoms with Crippen molar-refractivity contribution in [2.24, 2.45) is 23.5 Å². The maximum Gasteiger partial charge on any atom is 0.311 e. The second-order valence-electron chi connectivity index (χ2n) is 17.6. The van der Waals surface area contributed by atoms with Gasteiger partial charge in [0, 0.05) is 37.5 Å². The highest BCUT2D eigenvalue weighted by molar-refractivity contribution is 5.71. The number of rotatable bonds is 3. The molecule has 0 spiro atoms. The molecule has 13 N–H and O–H groups in total. The van der Waals surface area contributed by atoms with Gasteiger partial charge >= 0.3 is 11.9 Å². The first kappa shape index (κ1) is 55.9. The molecule has 0 amide bonds. The molecule has 2 saturated heterocycles. The minimum atomic E-state index is -2.33. The van der Waals surface area contributed by atoms with Crippen molar-refractivity contribution in [1.29, 1.82) is 0 Å². The van der Waals surface area contributed by atoms with Crippen LogP contribution in [0.4, 0.5) is 0 Å². The van der Waals surface area contributed by atoms with E-state index in [0.29, 0.717) is 0 Å². The number of fused-ring (bicyclic) bond motifs is 2. The monoisotopic (exact) mass is 923 g/mol. The number of carboxylic acids is 1. The molecule has 18 nitrogen and oxygen atoms in total. The highest BCUT2D eigenvalue weighted by Gasteiger charge is 2.51. The number of ether oxygens (including phenoxy) is 4. The van der Waals surface area contributed by atoms with Gasteiger partial charge < -0.3 is 80.9 Å². The second-order valence-corrected chi connectivity index (χ2v) is 17.6. The van der Waals surface area contributed by atoms with E-state index < -0.39 is 147 Å². The fourth-order valence-corrected chi connectivity index (χ4v) is 7.97. The average molecular weight is 924 g/mol. The normalized spacial score (nSPS) is 45.5. The number of carbonyl (C=O) groups is 2. The molecular formula is C47H73NO17. The molecule has 2 bridgehead atoms. The second kappa shape index (κ2) is 27.4. The van der Waals surface area contributed by atoms with Crippen LogP contribution in [0.1, 0.15) is 79.1 Å². The van der Waals surface area contributed by atoms with Gasteiger partial charge in [-0.3, -0.25) is 9.59 Å². The third-order valence-corrected chi connectivity index (χ3v) is 12.0. The summed E-state index contributed by atoms with van der Waals surface area (Å²) in [4.78, 5) is 25.1. The zero-order valence-electron chi connectivity index (χ0n) is 37.6. The summed E-state index contributed by atoms with van der Waals surface area (Å²) < 4.78 is 23.1. The lowest BCUT2D eigenvalue weighted by Gasteiger charge is -2.45. The number of cyclic esters (lactones) is 1. The fourth-order valence-electron chi connectivity index (χ4n) is 7.97. The summed E-state index contributed by atoms with van der Waals surface area (Å²) in [5.74, 6) is -6.83. The number of hydrogen-bond donors (Lipinski definition) is 12. The Morgan fingerprint density at radius 1 is 0.662 bits per heavy atom. The largest absolute Gasteiger partial charge is 0.481 e. The van der Waals surface area contributed by atoms with E-state index in [9.17, 15) is 65.8 Å². The van der Waals surface area contributed by atoms with E-state index in [1.165, 1.54) is 13.0 Å². The standard InChI is InChI=1S/C47H73NO17/c1-27-17-15-13-11-9-7-5-6-8-10-12-14-16-18-34(64-46-44(58)41(48)43(57)30(4)63-46)24-38-40(45(59)60)37(54)26-47(61,65-38)25-33(51)22-36(53)35(52)20-19-31(49)21-32(50)23-39(55)62-29(3)28(2)42(27)56/h5-18,27-38,40-44,46,49-54,56-58,61H,19-26,48H2,1-4H3,(H,59,60)/b6-5+,9-7+,10-8+,13-11+,14-12+,17-15+,18-16+/t27-,28-,29-,30+,31?,32?,33?,34?,35?,36?,37-,38-,40?,41-,42?,43+,44+,46?,47?/m0/s1. The Morgan fingerprint density at radius 2 is 1.23 bits per heavy atom. The van der Waals surface area contributed by atoms with E-state index in [0.717, 1.165) is 0 Å². The summed E-state index contributed by atoms with van der Waals surface area (Å²) >= 11 is 0. The Morgan fingerprint density at radius 3 is 1.82 bits per heavy atom. The van der Waals surface area contributed by atoms with Gasteiger partial charge in [-0.25, -0.2) is 0 Å². The first-order valence-corrected chi connectivity index (χ1v) is 22.3. The number of aliphatic hydroxyl groups excluding tert-OH is 9. The Hall–Kier alpha value is -3.44. The number of aliphatic hydroxyl groups is 10. The number of allylic oxidation sites excluding steroid dienone is 12. The summed E-state index contributed by atoms with van der Waals surface area (Å²) in [6.07, 6.45) is 3.46. The van der Waals surface area contributed by atoms with Crippen molar-refractivity contribution in [1.82, 2.24) is 0 Å². The van der Waals surface area contributed by atoms with Crippen molar-refractivity contribution in [3.63, 3.8) is 0 Å². The van der Waals surface area contributed by atoms with Gasteiger partial charge in [0.1, 0.15) is 18.1 Å². The van der Waals surface area contributed by atoms with Gasteiger partial charge in [-0.05, 0) is 33.1 Å². The minimum absolute atomic E-state index is 0.107. The maximum atomic E-state index is 12.6. The Bertz CT molecular complexity index is 1670. The summed E-state index contributed by atoms with van der Waals surface area (Å²) in [7, 11) is 0. The molecule has 3 rings (SSSR count). The molecule has 65 heavy (non-hydrogen) atoms. The lowest BCUT2D eigenvalue weighted by atomic mass is 9.82. The molecule has 0 aliphatic carbocycles. The van der Waals surface area contributed by atoms with E-state index in [1.807, 2.05) is 19.1 Å². The first-order chi connectivity index (χ1) is 30.6. The molecule has 19 atom stereocenters. The smallest absolute Gasteiger partial charge is 0.311 e.